The second-order valence-corrected chi connectivity index (χ2v) is 5.72. The summed E-state index contributed by atoms with van der Waals surface area (Å²) >= 11 is 0. The number of piperidine rings is 1. The number of rotatable bonds is 4. The van der Waals surface area contributed by atoms with Gasteiger partial charge >= 0.3 is 0 Å². The van der Waals surface area contributed by atoms with Gasteiger partial charge in [-0.1, -0.05) is 6.92 Å². The number of hydrogen-bond donors (Lipinski definition) is 2. The first kappa shape index (κ1) is 13.0. The van der Waals surface area contributed by atoms with Crippen molar-refractivity contribution in [2.75, 3.05) is 24.5 Å². The van der Waals surface area contributed by atoms with Gasteiger partial charge in [-0.15, -0.1) is 5.10 Å². The van der Waals surface area contributed by atoms with E-state index in [-0.39, 0.29) is 5.41 Å². The van der Waals surface area contributed by atoms with E-state index in [1.54, 1.807) is 11.0 Å². The Morgan fingerprint density at radius 1 is 1.50 bits per heavy atom. The minimum atomic E-state index is 0.158. The molecule has 8 nitrogen and oxygen atoms in total. The Bertz CT molecular complexity index is 548. The van der Waals surface area contributed by atoms with Gasteiger partial charge in [-0.25, -0.2) is 9.67 Å². The number of anilines is 1. The van der Waals surface area contributed by atoms with Crippen molar-refractivity contribution in [2.45, 2.75) is 26.3 Å². The molecule has 1 fully saturated rings. The SMILES string of the molecule is CC1(CN)CCCN(c2n[nH]c(Cn3cncn3)n2)C1. The lowest BCUT2D eigenvalue weighted by Crippen LogP contribution is -2.46. The van der Waals surface area contributed by atoms with E-state index in [1.165, 1.54) is 6.33 Å². The van der Waals surface area contributed by atoms with Gasteiger partial charge in [-0.3, -0.25) is 5.10 Å². The Kier molecular flexibility index (Phi) is 3.39. The minimum Gasteiger partial charge on any atom is -0.339 e. The highest BCUT2D eigenvalue weighted by Gasteiger charge is 2.31. The van der Waals surface area contributed by atoms with Gasteiger partial charge in [0, 0.05) is 13.1 Å². The molecule has 3 heterocycles. The lowest BCUT2D eigenvalue weighted by Gasteiger charge is -2.39. The highest BCUT2D eigenvalue weighted by Crippen LogP contribution is 2.29. The summed E-state index contributed by atoms with van der Waals surface area (Å²) in [5, 5.41) is 11.3. The normalized spacial score (nSPS) is 23.2. The van der Waals surface area contributed by atoms with Gasteiger partial charge in [0.05, 0.1) is 0 Å². The first-order chi connectivity index (χ1) is 9.68. The van der Waals surface area contributed by atoms with Crippen molar-refractivity contribution < 1.29 is 0 Å². The fourth-order valence-corrected chi connectivity index (χ4v) is 2.62. The van der Waals surface area contributed by atoms with Crippen molar-refractivity contribution in [3.8, 4) is 0 Å². The molecule has 1 saturated heterocycles. The van der Waals surface area contributed by atoms with E-state index in [0.717, 1.165) is 37.7 Å². The van der Waals surface area contributed by atoms with E-state index in [4.69, 9.17) is 5.73 Å². The van der Waals surface area contributed by atoms with Crippen molar-refractivity contribution in [1.82, 2.24) is 29.9 Å². The van der Waals surface area contributed by atoms with Gasteiger partial charge in [0.25, 0.3) is 0 Å². The van der Waals surface area contributed by atoms with Crippen LogP contribution < -0.4 is 10.6 Å². The Morgan fingerprint density at radius 3 is 3.15 bits per heavy atom. The third-order valence-electron chi connectivity index (χ3n) is 3.85. The Labute approximate surface area is 117 Å². The lowest BCUT2D eigenvalue weighted by molar-refractivity contribution is 0.270. The summed E-state index contributed by atoms with van der Waals surface area (Å²) in [5.74, 6) is 1.53. The van der Waals surface area contributed by atoms with Crippen molar-refractivity contribution in [3.63, 3.8) is 0 Å². The number of nitrogens with one attached hydrogen (secondary N) is 1. The molecule has 3 rings (SSSR count). The molecule has 0 radical (unpaired) electrons. The number of nitrogens with two attached hydrogens (primary N) is 1. The summed E-state index contributed by atoms with van der Waals surface area (Å²) in [6.07, 6.45) is 5.46. The fraction of sp³-hybridized carbons (Fsp3) is 0.667. The van der Waals surface area contributed by atoms with Crippen LogP contribution in [-0.4, -0.2) is 49.6 Å². The number of nitrogens with zero attached hydrogens (tertiary/aromatic N) is 6. The Morgan fingerprint density at radius 2 is 2.40 bits per heavy atom. The maximum Gasteiger partial charge on any atom is 0.244 e. The molecular weight excluding hydrogens is 256 g/mol. The molecule has 1 aliphatic rings. The molecule has 0 amide bonds. The summed E-state index contributed by atoms with van der Waals surface area (Å²) < 4.78 is 1.71. The first-order valence-corrected chi connectivity index (χ1v) is 6.87. The molecule has 8 heteroatoms. The zero-order valence-electron chi connectivity index (χ0n) is 11.7. The molecule has 1 atom stereocenters. The maximum atomic E-state index is 5.88. The van der Waals surface area contributed by atoms with E-state index >= 15 is 0 Å². The minimum absolute atomic E-state index is 0.158. The van der Waals surface area contributed by atoms with E-state index in [9.17, 15) is 0 Å². The highest BCUT2D eigenvalue weighted by molar-refractivity contribution is 5.30. The smallest absolute Gasteiger partial charge is 0.244 e. The second kappa shape index (κ2) is 5.20. The molecule has 108 valence electrons. The molecule has 0 spiro atoms. The van der Waals surface area contributed by atoms with Crippen LogP contribution >= 0.6 is 0 Å². The van der Waals surface area contributed by atoms with Crippen LogP contribution in [0.25, 0.3) is 0 Å². The molecule has 20 heavy (non-hydrogen) atoms. The van der Waals surface area contributed by atoms with Crippen molar-refractivity contribution in [3.05, 3.63) is 18.5 Å². The Balaban J connectivity index is 1.70. The molecule has 0 aliphatic carbocycles. The first-order valence-electron chi connectivity index (χ1n) is 6.87. The summed E-state index contributed by atoms with van der Waals surface area (Å²) in [4.78, 5) is 10.7. The zero-order chi connectivity index (χ0) is 14.0. The van der Waals surface area contributed by atoms with E-state index in [0.29, 0.717) is 13.1 Å². The molecule has 1 unspecified atom stereocenters. The van der Waals surface area contributed by atoms with Gasteiger partial charge < -0.3 is 10.6 Å². The van der Waals surface area contributed by atoms with Crippen LogP contribution in [-0.2, 0) is 6.54 Å². The van der Waals surface area contributed by atoms with Gasteiger partial charge in [-0.05, 0) is 24.8 Å². The largest absolute Gasteiger partial charge is 0.339 e. The van der Waals surface area contributed by atoms with Gasteiger partial charge in [0.15, 0.2) is 0 Å². The molecule has 3 N–H and O–H groups in total. The van der Waals surface area contributed by atoms with E-state index in [2.05, 4.69) is 37.1 Å². The van der Waals surface area contributed by atoms with Crippen molar-refractivity contribution in [1.29, 1.82) is 0 Å². The molecule has 0 saturated carbocycles. The van der Waals surface area contributed by atoms with Crippen LogP contribution in [0.2, 0.25) is 0 Å². The third kappa shape index (κ3) is 2.64. The average molecular weight is 276 g/mol. The van der Waals surface area contributed by atoms with Gasteiger partial charge in [0.2, 0.25) is 5.95 Å². The van der Waals surface area contributed by atoms with Crippen LogP contribution in [0.15, 0.2) is 12.7 Å². The molecule has 0 bridgehead atoms. The van der Waals surface area contributed by atoms with Crippen LogP contribution in [0.3, 0.4) is 0 Å². The van der Waals surface area contributed by atoms with E-state index < -0.39 is 0 Å². The lowest BCUT2D eigenvalue weighted by atomic mass is 9.82. The average Bonchev–Trinajstić information content (AvgIpc) is 3.11. The van der Waals surface area contributed by atoms with Crippen LogP contribution in [0.4, 0.5) is 5.95 Å². The predicted octanol–water partition coefficient (Wildman–Crippen LogP) is 0.00970. The summed E-state index contributed by atoms with van der Waals surface area (Å²) in [6.45, 7) is 5.36. The Hall–Kier alpha value is -1.96. The quantitative estimate of drug-likeness (QED) is 0.815. The van der Waals surface area contributed by atoms with Crippen molar-refractivity contribution >= 4 is 5.95 Å². The second-order valence-electron chi connectivity index (χ2n) is 5.72. The number of aromatic nitrogens is 6. The monoisotopic (exact) mass is 276 g/mol. The summed E-state index contributed by atoms with van der Waals surface area (Å²) in [5.41, 5.74) is 6.04. The molecule has 0 aromatic carbocycles. The molecule has 1 aliphatic heterocycles. The summed E-state index contributed by atoms with van der Waals surface area (Å²) in [6, 6.07) is 0. The topological polar surface area (TPSA) is 102 Å². The maximum absolute atomic E-state index is 5.88. The van der Waals surface area contributed by atoms with Crippen LogP contribution in [0.1, 0.15) is 25.6 Å². The van der Waals surface area contributed by atoms with Gasteiger partial charge in [0.1, 0.15) is 25.0 Å². The zero-order valence-corrected chi connectivity index (χ0v) is 11.7. The number of aromatic amines is 1. The standard InChI is InChI=1S/C12H20N8/c1-12(6-13)3-2-4-19(7-12)11-16-10(17-18-11)5-20-9-14-8-15-20/h8-9H,2-7,13H2,1H3,(H,16,17,18). The van der Waals surface area contributed by atoms with E-state index in [1.807, 2.05) is 0 Å². The molecule has 2 aromatic heterocycles. The highest BCUT2D eigenvalue weighted by atomic mass is 15.4. The number of H-pyrrole nitrogens is 1. The third-order valence-corrected chi connectivity index (χ3v) is 3.85. The van der Waals surface area contributed by atoms with Crippen molar-refractivity contribution in [2.24, 2.45) is 11.1 Å². The van der Waals surface area contributed by atoms with Crippen LogP contribution in [0.5, 0.6) is 0 Å². The predicted molar refractivity (Wildman–Crippen MR) is 74.1 cm³/mol. The number of hydrogen-bond acceptors (Lipinski definition) is 6. The molecule has 2 aromatic rings. The fourth-order valence-electron chi connectivity index (χ4n) is 2.62. The van der Waals surface area contributed by atoms with Crippen LogP contribution in [0, 0.1) is 5.41 Å². The summed E-state index contributed by atoms with van der Waals surface area (Å²) in [7, 11) is 0. The van der Waals surface area contributed by atoms with Gasteiger partial charge in [-0.2, -0.15) is 10.1 Å². The molecular formula is C12H20N8.